The highest BCUT2D eigenvalue weighted by Gasteiger charge is 2.23. The molecule has 6 heteroatoms. The Balaban J connectivity index is 1.94. The Morgan fingerprint density at radius 1 is 1.35 bits per heavy atom. The summed E-state index contributed by atoms with van der Waals surface area (Å²) in [4.78, 5) is 11.7. The molecular formula is C14H18F2N2O2. The summed E-state index contributed by atoms with van der Waals surface area (Å²) in [6.07, 6.45) is 1.76. The predicted octanol–water partition coefficient (Wildman–Crippen LogP) is 2.22. The molecule has 1 saturated heterocycles. The molecule has 4 nitrogen and oxygen atoms in total. The highest BCUT2D eigenvalue weighted by Crippen LogP contribution is 2.20. The molecule has 1 aliphatic rings. The third-order valence-corrected chi connectivity index (χ3v) is 3.34. The molecule has 0 aliphatic carbocycles. The number of benzene rings is 1. The van der Waals surface area contributed by atoms with Gasteiger partial charge in [-0.3, -0.25) is 10.1 Å². The molecule has 0 radical (unpaired) electrons. The van der Waals surface area contributed by atoms with E-state index >= 15 is 0 Å². The van der Waals surface area contributed by atoms with E-state index in [0.717, 1.165) is 24.9 Å². The van der Waals surface area contributed by atoms with Crippen molar-refractivity contribution in [3.63, 3.8) is 0 Å². The predicted molar refractivity (Wildman–Crippen MR) is 70.7 cm³/mol. The van der Waals surface area contributed by atoms with Crippen molar-refractivity contribution in [2.24, 2.45) is 0 Å². The molecule has 1 aromatic carbocycles. The monoisotopic (exact) mass is 284 g/mol. The van der Waals surface area contributed by atoms with Crippen LogP contribution in [0.4, 0.5) is 8.78 Å². The molecule has 110 valence electrons. The van der Waals surface area contributed by atoms with E-state index in [0.29, 0.717) is 0 Å². The summed E-state index contributed by atoms with van der Waals surface area (Å²) in [6, 6.07) is 6.20. The number of rotatable bonds is 5. The van der Waals surface area contributed by atoms with Gasteiger partial charge in [0, 0.05) is 12.6 Å². The summed E-state index contributed by atoms with van der Waals surface area (Å²) in [6.45, 7) is -0.155. The lowest BCUT2D eigenvalue weighted by Gasteiger charge is -2.26. The van der Waals surface area contributed by atoms with E-state index in [9.17, 15) is 13.6 Å². The van der Waals surface area contributed by atoms with E-state index in [1.165, 1.54) is 12.1 Å². The van der Waals surface area contributed by atoms with E-state index in [4.69, 9.17) is 0 Å². The molecule has 0 saturated carbocycles. The van der Waals surface area contributed by atoms with Crippen LogP contribution in [0.25, 0.3) is 0 Å². The first-order chi connectivity index (χ1) is 9.56. The minimum absolute atomic E-state index is 0.0146. The standard InChI is InChI=1S/C14H18F2N2O2/c1-9(18-12-3-2-8-17-13(12)19)10-4-6-11(7-5-10)20-14(15)16/h4-7,9,12,14,18H,2-3,8H2,1H3,(H,17,19). The Hall–Kier alpha value is -1.69. The molecule has 1 fully saturated rings. The molecule has 0 spiro atoms. The number of carbonyl (C=O) groups excluding carboxylic acids is 1. The minimum atomic E-state index is -2.82. The van der Waals surface area contributed by atoms with Crippen LogP contribution in [0.5, 0.6) is 5.75 Å². The quantitative estimate of drug-likeness (QED) is 0.871. The van der Waals surface area contributed by atoms with Gasteiger partial charge in [-0.05, 0) is 37.5 Å². The number of alkyl halides is 2. The van der Waals surface area contributed by atoms with Crippen molar-refractivity contribution < 1.29 is 18.3 Å². The summed E-state index contributed by atoms with van der Waals surface area (Å²) in [7, 11) is 0. The van der Waals surface area contributed by atoms with E-state index in [2.05, 4.69) is 15.4 Å². The topological polar surface area (TPSA) is 50.4 Å². The first kappa shape index (κ1) is 14.7. The summed E-state index contributed by atoms with van der Waals surface area (Å²) in [5.74, 6) is 0.145. The Morgan fingerprint density at radius 2 is 2.05 bits per heavy atom. The first-order valence-corrected chi connectivity index (χ1v) is 6.65. The first-order valence-electron chi connectivity index (χ1n) is 6.65. The van der Waals surface area contributed by atoms with Crippen LogP contribution >= 0.6 is 0 Å². The highest BCUT2D eigenvalue weighted by molar-refractivity contribution is 5.82. The molecular weight excluding hydrogens is 266 g/mol. The maximum absolute atomic E-state index is 12.1. The number of piperidine rings is 1. The molecule has 0 aromatic heterocycles. The van der Waals surface area contributed by atoms with Gasteiger partial charge in [-0.15, -0.1) is 0 Å². The SMILES string of the molecule is CC(NC1CCCNC1=O)c1ccc(OC(F)F)cc1. The zero-order chi connectivity index (χ0) is 14.5. The van der Waals surface area contributed by atoms with Gasteiger partial charge in [-0.1, -0.05) is 12.1 Å². The molecule has 2 rings (SSSR count). The molecule has 1 aliphatic heterocycles. The van der Waals surface area contributed by atoms with Crippen LogP contribution in [0, 0.1) is 0 Å². The van der Waals surface area contributed by atoms with Crippen molar-refractivity contribution in [3.05, 3.63) is 29.8 Å². The number of hydrogen-bond acceptors (Lipinski definition) is 3. The van der Waals surface area contributed by atoms with Crippen molar-refractivity contribution in [3.8, 4) is 5.75 Å². The Bertz CT molecular complexity index is 451. The zero-order valence-electron chi connectivity index (χ0n) is 11.2. The molecule has 20 heavy (non-hydrogen) atoms. The minimum Gasteiger partial charge on any atom is -0.435 e. The lowest BCUT2D eigenvalue weighted by atomic mass is 10.0. The van der Waals surface area contributed by atoms with Crippen molar-refractivity contribution in [1.29, 1.82) is 0 Å². The zero-order valence-corrected chi connectivity index (χ0v) is 11.2. The third kappa shape index (κ3) is 3.90. The maximum Gasteiger partial charge on any atom is 0.387 e. The number of nitrogens with one attached hydrogen (secondary N) is 2. The third-order valence-electron chi connectivity index (χ3n) is 3.34. The second-order valence-electron chi connectivity index (χ2n) is 4.82. The van der Waals surface area contributed by atoms with Crippen LogP contribution in [0.15, 0.2) is 24.3 Å². The molecule has 2 atom stereocenters. The second kappa shape index (κ2) is 6.65. The second-order valence-corrected chi connectivity index (χ2v) is 4.82. The van der Waals surface area contributed by atoms with Gasteiger partial charge in [0.1, 0.15) is 5.75 Å². The van der Waals surface area contributed by atoms with Crippen LogP contribution in [0.2, 0.25) is 0 Å². The number of carbonyl (C=O) groups is 1. The van der Waals surface area contributed by atoms with Crippen LogP contribution in [0.3, 0.4) is 0 Å². The van der Waals surface area contributed by atoms with E-state index in [1.54, 1.807) is 12.1 Å². The lowest BCUT2D eigenvalue weighted by Crippen LogP contribution is -2.48. The van der Waals surface area contributed by atoms with Gasteiger partial charge in [-0.25, -0.2) is 0 Å². The number of ether oxygens (including phenoxy) is 1. The van der Waals surface area contributed by atoms with Crippen molar-refractivity contribution in [1.82, 2.24) is 10.6 Å². The van der Waals surface area contributed by atoms with Crippen LogP contribution < -0.4 is 15.4 Å². The average molecular weight is 284 g/mol. The van der Waals surface area contributed by atoms with Crippen molar-refractivity contribution in [2.75, 3.05) is 6.54 Å². The lowest BCUT2D eigenvalue weighted by molar-refractivity contribution is -0.124. The highest BCUT2D eigenvalue weighted by atomic mass is 19.3. The largest absolute Gasteiger partial charge is 0.435 e. The van der Waals surface area contributed by atoms with E-state index in [1.807, 2.05) is 6.92 Å². The fourth-order valence-corrected chi connectivity index (χ4v) is 2.27. The smallest absolute Gasteiger partial charge is 0.387 e. The molecule has 2 N–H and O–H groups in total. The van der Waals surface area contributed by atoms with Crippen LogP contribution in [-0.2, 0) is 4.79 Å². The van der Waals surface area contributed by atoms with Gasteiger partial charge < -0.3 is 10.1 Å². The molecule has 1 heterocycles. The van der Waals surface area contributed by atoms with Gasteiger partial charge in [0.25, 0.3) is 0 Å². The van der Waals surface area contributed by atoms with Gasteiger partial charge in [0.05, 0.1) is 6.04 Å². The maximum atomic E-state index is 12.1. The van der Waals surface area contributed by atoms with E-state index < -0.39 is 6.61 Å². The van der Waals surface area contributed by atoms with Crippen LogP contribution in [-0.4, -0.2) is 25.1 Å². The van der Waals surface area contributed by atoms with Gasteiger partial charge in [0.2, 0.25) is 5.91 Å². The molecule has 0 bridgehead atoms. The normalized spacial score (nSPS) is 20.6. The van der Waals surface area contributed by atoms with Crippen LogP contribution in [0.1, 0.15) is 31.4 Å². The fourth-order valence-electron chi connectivity index (χ4n) is 2.27. The summed E-state index contributed by atoms with van der Waals surface area (Å²) < 4.78 is 28.4. The van der Waals surface area contributed by atoms with Gasteiger partial charge in [-0.2, -0.15) is 8.78 Å². The van der Waals surface area contributed by atoms with Crippen molar-refractivity contribution >= 4 is 5.91 Å². The number of halogens is 2. The summed E-state index contributed by atoms with van der Waals surface area (Å²) >= 11 is 0. The molecule has 1 aromatic rings. The Morgan fingerprint density at radius 3 is 2.65 bits per heavy atom. The Labute approximate surface area is 116 Å². The number of amides is 1. The van der Waals surface area contributed by atoms with Gasteiger partial charge in [0.15, 0.2) is 0 Å². The molecule has 2 unspecified atom stereocenters. The summed E-state index contributed by atoms with van der Waals surface area (Å²) in [5, 5.41) is 6.06. The Kier molecular flexibility index (Phi) is 4.89. The molecule has 1 amide bonds. The van der Waals surface area contributed by atoms with Crippen molar-refractivity contribution in [2.45, 2.75) is 38.5 Å². The summed E-state index contributed by atoms with van der Waals surface area (Å²) in [5.41, 5.74) is 0.921. The van der Waals surface area contributed by atoms with E-state index in [-0.39, 0.29) is 23.7 Å². The number of hydrogen-bond donors (Lipinski definition) is 2. The van der Waals surface area contributed by atoms with Gasteiger partial charge >= 0.3 is 6.61 Å². The average Bonchev–Trinajstić information content (AvgIpc) is 2.41. The fraction of sp³-hybridized carbons (Fsp3) is 0.500.